The second-order valence-electron chi connectivity index (χ2n) is 4.30. The van der Waals surface area contributed by atoms with Crippen LogP contribution in [0.25, 0.3) is 0 Å². The van der Waals surface area contributed by atoms with Crippen molar-refractivity contribution in [3.8, 4) is 11.5 Å². The van der Waals surface area contributed by atoms with E-state index in [1.165, 1.54) is 0 Å². The monoisotopic (exact) mass is 238 g/mol. The molecule has 1 saturated heterocycles. The molecule has 1 aliphatic rings. The van der Waals surface area contributed by atoms with Gasteiger partial charge in [0.15, 0.2) is 0 Å². The number of rotatable bonds is 4. The van der Waals surface area contributed by atoms with Crippen molar-refractivity contribution in [1.82, 2.24) is 0 Å². The van der Waals surface area contributed by atoms with Gasteiger partial charge in [-0.3, -0.25) is 0 Å². The third kappa shape index (κ3) is 3.35. The Bertz CT molecular complexity index is 341. The maximum Gasteiger partial charge on any atom is 0.119 e. The zero-order valence-corrected chi connectivity index (χ0v) is 10.0. The van der Waals surface area contributed by atoms with Gasteiger partial charge in [0.25, 0.3) is 0 Å². The highest BCUT2D eigenvalue weighted by Crippen LogP contribution is 2.23. The lowest BCUT2D eigenvalue weighted by molar-refractivity contribution is -0.0855. The molecule has 1 aliphatic heterocycles. The maximum atomic E-state index is 10.2. The Hall–Kier alpha value is -1.26. The first-order chi connectivity index (χ1) is 8.22. The lowest BCUT2D eigenvalue weighted by atomic mass is 9.96. The molecular weight excluding hydrogens is 220 g/mol. The van der Waals surface area contributed by atoms with E-state index < -0.39 is 5.60 Å². The molecule has 94 valence electrons. The fraction of sp³-hybridized carbons (Fsp3) is 0.538. The fourth-order valence-corrected chi connectivity index (χ4v) is 1.79. The third-order valence-corrected chi connectivity index (χ3v) is 2.99. The van der Waals surface area contributed by atoms with Crippen molar-refractivity contribution in [2.24, 2.45) is 0 Å². The Morgan fingerprint density at radius 1 is 1.18 bits per heavy atom. The Morgan fingerprint density at radius 3 is 2.35 bits per heavy atom. The van der Waals surface area contributed by atoms with Crippen LogP contribution in [0.4, 0.5) is 0 Å². The van der Waals surface area contributed by atoms with Gasteiger partial charge in [-0.25, -0.2) is 0 Å². The van der Waals surface area contributed by atoms with Crippen LogP contribution in [0.15, 0.2) is 24.3 Å². The highest BCUT2D eigenvalue weighted by Gasteiger charge is 2.30. The molecule has 0 bridgehead atoms. The molecule has 0 amide bonds. The Morgan fingerprint density at radius 2 is 1.76 bits per heavy atom. The minimum atomic E-state index is -0.752. The first-order valence-corrected chi connectivity index (χ1v) is 5.79. The molecule has 4 nitrogen and oxygen atoms in total. The van der Waals surface area contributed by atoms with E-state index in [0.717, 1.165) is 11.5 Å². The molecule has 4 heteroatoms. The Labute approximate surface area is 101 Å². The van der Waals surface area contributed by atoms with E-state index in [-0.39, 0.29) is 0 Å². The Balaban J connectivity index is 1.87. The van der Waals surface area contributed by atoms with Crippen molar-refractivity contribution in [3.63, 3.8) is 0 Å². The lowest BCUT2D eigenvalue weighted by Gasteiger charge is -2.31. The number of aliphatic hydroxyl groups is 1. The van der Waals surface area contributed by atoms with Gasteiger partial charge in [0.1, 0.15) is 23.7 Å². The number of hydrogen-bond donors (Lipinski definition) is 1. The van der Waals surface area contributed by atoms with Crippen LogP contribution in [0.3, 0.4) is 0 Å². The van der Waals surface area contributed by atoms with Gasteiger partial charge in [0.05, 0.1) is 7.11 Å². The summed E-state index contributed by atoms with van der Waals surface area (Å²) in [4.78, 5) is 0. The zero-order chi connectivity index (χ0) is 12.1. The Kier molecular flexibility index (Phi) is 3.86. The van der Waals surface area contributed by atoms with Crippen molar-refractivity contribution in [3.05, 3.63) is 24.3 Å². The summed E-state index contributed by atoms with van der Waals surface area (Å²) >= 11 is 0. The molecule has 1 aromatic rings. The van der Waals surface area contributed by atoms with Gasteiger partial charge in [-0.15, -0.1) is 0 Å². The molecule has 0 saturated carbocycles. The van der Waals surface area contributed by atoms with Crippen molar-refractivity contribution >= 4 is 0 Å². The zero-order valence-electron chi connectivity index (χ0n) is 10.0. The summed E-state index contributed by atoms with van der Waals surface area (Å²) in [5, 5.41) is 10.2. The van der Waals surface area contributed by atoms with E-state index in [1.807, 2.05) is 24.3 Å². The van der Waals surface area contributed by atoms with Gasteiger partial charge in [0.2, 0.25) is 0 Å². The average molecular weight is 238 g/mol. The van der Waals surface area contributed by atoms with Crippen LogP contribution in [0.2, 0.25) is 0 Å². The fourth-order valence-electron chi connectivity index (χ4n) is 1.79. The van der Waals surface area contributed by atoms with Gasteiger partial charge >= 0.3 is 0 Å². The van der Waals surface area contributed by atoms with Crippen LogP contribution >= 0.6 is 0 Å². The minimum Gasteiger partial charge on any atom is -0.497 e. The highest BCUT2D eigenvalue weighted by molar-refractivity contribution is 5.31. The normalized spacial score (nSPS) is 18.7. The van der Waals surface area contributed by atoms with E-state index >= 15 is 0 Å². The summed E-state index contributed by atoms with van der Waals surface area (Å²) in [5.74, 6) is 1.54. The van der Waals surface area contributed by atoms with Crippen LogP contribution in [0.5, 0.6) is 11.5 Å². The summed E-state index contributed by atoms with van der Waals surface area (Å²) in [6, 6.07) is 7.34. The van der Waals surface area contributed by atoms with Crippen molar-refractivity contribution in [1.29, 1.82) is 0 Å². The minimum absolute atomic E-state index is 0.308. The summed E-state index contributed by atoms with van der Waals surface area (Å²) in [7, 11) is 1.63. The third-order valence-electron chi connectivity index (χ3n) is 2.99. The first kappa shape index (κ1) is 12.2. The van der Waals surface area contributed by atoms with E-state index in [4.69, 9.17) is 14.2 Å². The molecule has 1 heterocycles. The van der Waals surface area contributed by atoms with E-state index in [1.54, 1.807) is 7.11 Å². The summed E-state index contributed by atoms with van der Waals surface area (Å²) in [6.07, 6.45) is 1.26. The molecule has 17 heavy (non-hydrogen) atoms. The van der Waals surface area contributed by atoms with E-state index in [0.29, 0.717) is 32.7 Å². The van der Waals surface area contributed by atoms with Gasteiger partial charge < -0.3 is 19.3 Å². The van der Waals surface area contributed by atoms with Gasteiger partial charge in [-0.2, -0.15) is 0 Å². The standard InChI is InChI=1S/C13H18O4/c1-15-11-2-4-12(5-3-11)17-10-13(14)6-8-16-9-7-13/h2-5,14H,6-10H2,1H3. The lowest BCUT2D eigenvalue weighted by Crippen LogP contribution is -2.41. The van der Waals surface area contributed by atoms with Gasteiger partial charge in [-0.1, -0.05) is 0 Å². The van der Waals surface area contributed by atoms with Crippen LogP contribution < -0.4 is 9.47 Å². The molecular formula is C13H18O4. The van der Waals surface area contributed by atoms with E-state index in [9.17, 15) is 5.11 Å². The molecule has 0 radical (unpaired) electrons. The van der Waals surface area contributed by atoms with Crippen LogP contribution in [0.1, 0.15) is 12.8 Å². The molecule has 0 spiro atoms. The van der Waals surface area contributed by atoms with Crippen LogP contribution in [-0.2, 0) is 4.74 Å². The summed E-state index contributed by atoms with van der Waals surface area (Å²) in [6.45, 7) is 1.51. The molecule has 2 rings (SSSR count). The summed E-state index contributed by atoms with van der Waals surface area (Å²) in [5.41, 5.74) is -0.752. The molecule has 1 N–H and O–H groups in total. The molecule has 0 aliphatic carbocycles. The smallest absolute Gasteiger partial charge is 0.119 e. The second kappa shape index (κ2) is 5.38. The van der Waals surface area contributed by atoms with Gasteiger partial charge in [-0.05, 0) is 24.3 Å². The molecule has 0 unspecified atom stereocenters. The SMILES string of the molecule is COc1ccc(OCC2(O)CCOCC2)cc1. The quantitative estimate of drug-likeness (QED) is 0.865. The average Bonchev–Trinajstić information content (AvgIpc) is 2.38. The van der Waals surface area contributed by atoms with Crippen molar-refractivity contribution in [2.45, 2.75) is 18.4 Å². The highest BCUT2D eigenvalue weighted by atomic mass is 16.5. The number of benzene rings is 1. The van der Waals surface area contributed by atoms with E-state index in [2.05, 4.69) is 0 Å². The maximum absolute atomic E-state index is 10.2. The topological polar surface area (TPSA) is 47.9 Å². The van der Waals surface area contributed by atoms with Crippen molar-refractivity contribution < 1.29 is 19.3 Å². The molecule has 0 atom stereocenters. The number of methoxy groups -OCH3 is 1. The van der Waals surface area contributed by atoms with Crippen LogP contribution in [0, 0.1) is 0 Å². The van der Waals surface area contributed by atoms with Gasteiger partial charge in [0, 0.05) is 26.1 Å². The van der Waals surface area contributed by atoms with Crippen molar-refractivity contribution in [2.75, 3.05) is 26.9 Å². The predicted molar refractivity (Wildman–Crippen MR) is 63.5 cm³/mol. The predicted octanol–water partition coefficient (Wildman–Crippen LogP) is 1.62. The molecule has 1 aromatic carbocycles. The molecule has 0 aromatic heterocycles. The number of ether oxygens (including phenoxy) is 3. The van der Waals surface area contributed by atoms with Crippen LogP contribution in [-0.4, -0.2) is 37.6 Å². The first-order valence-electron chi connectivity index (χ1n) is 5.79. The summed E-state index contributed by atoms with van der Waals surface area (Å²) < 4.78 is 15.9. The second-order valence-corrected chi connectivity index (χ2v) is 4.30. The largest absolute Gasteiger partial charge is 0.497 e. The number of hydrogen-bond acceptors (Lipinski definition) is 4. The molecule has 1 fully saturated rings.